The molecule has 0 saturated carbocycles. The van der Waals surface area contributed by atoms with E-state index < -0.39 is 0 Å². The van der Waals surface area contributed by atoms with Gasteiger partial charge in [-0.15, -0.1) is 0 Å². The quantitative estimate of drug-likeness (QED) is 0.191. The minimum atomic E-state index is 0.263. The molecule has 0 saturated heterocycles. The molecule has 7 aromatic carbocycles. The third-order valence-corrected chi connectivity index (χ3v) is 10.9. The molecular weight excluding hydrogens is 553 g/mol. The van der Waals surface area contributed by atoms with Crippen LogP contribution < -0.4 is 10.4 Å². The van der Waals surface area contributed by atoms with Gasteiger partial charge in [0.1, 0.15) is 0 Å². The van der Waals surface area contributed by atoms with Gasteiger partial charge in [-0.25, -0.2) is 0 Å². The molecule has 46 heavy (non-hydrogen) atoms. The summed E-state index contributed by atoms with van der Waals surface area (Å²) < 4.78 is 0. The van der Waals surface area contributed by atoms with Gasteiger partial charge in [0.2, 0.25) is 0 Å². The molecule has 0 fully saturated rings. The molecule has 2 atom stereocenters. The Labute approximate surface area is 267 Å². The molecule has 4 aliphatic rings. The van der Waals surface area contributed by atoms with E-state index in [1.54, 1.807) is 0 Å². The number of hydrogen-bond donors (Lipinski definition) is 0. The van der Waals surface area contributed by atoms with Crippen LogP contribution in [0.15, 0.2) is 152 Å². The van der Waals surface area contributed by atoms with Crippen LogP contribution >= 0.6 is 0 Å². The molecule has 11 rings (SSSR count). The Kier molecular flexibility index (Phi) is 4.77. The predicted molar refractivity (Wildman–Crippen MR) is 192 cm³/mol. The number of fused-ring (bicyclic) bond motifs is 10. The maximum absolute atomic E-state index is 2.60. The summed E-state index contributed by atoms with van der Waals surface area (Å²) in [5, 5.41) is 5.51. The maximum Gasteiger partial charge on any atom is 0.0144 e. The highest BCUT2D eigenvalue weighted by Crippen LogP contribution is 2.55. The molecule has 0 heteroatoms. The average Bonchev–Trinajstić information content (AvgIpc) is 3.63. The number of benzene rings is 7. The lowest BCUT2D eigenvalue weighted by Crippen LogP contribution is -2.36. The molecule has 2 unspecified atom stereocenters. The highest BCUT2D eigenvalue weighted by atomic mass is 14.4. The number of hydrogen-bond acceptors (Lipinski definition) is 0. The van der Waals surface area contributed by atoms with Crippen LogP contribution in [0.25, 0.3) is 72.5 Å². The van der Waals surface area contributed by atoms with Gasteiger partial charge in [-0.05, 0) is 111 Å². The van der Waals surface area contributed by atoms with Gasteiger partial charge in [0.05, 0.1) is 0 Å². The van der Waals surface area contributed by atoms with E-state index in [0.29, 0.717) is 0 Å². The molecule has 0 heterocycles. The largest absolute Gasteiger partial charge is 0.0681 e. The van der Waals surface area contributed by atoms with Gasteiger partial charge in [-0.3, -0.25) is 0 Å². The molecule has 0 spiro atoms. The van der Waals surface area contributed by atoms with Crippen molar-refractivity contribution in [2.24, 2.45) is 5.92 Å². The summed E-state index contributed by atoms with van der Waals surface area (Å²) in [6, 6.07) is 54.4. The van der Waals surface area contributed by atoms with Gasteiger partial charge in [-0.2, -0.15) is 0 Å². The molecule has 212 valence electrons. The molecule has 0 N–H and O–H groups in total. The molecule has 0 nitrogen and oxygen atoms in total. The number of allylic oxidation sites excluding steroid dienone is 1. The normalized spacial score (nSPS) is 17.4. The smallest absolute Gasteiger partial charge is 0.0144 e. The monoisotopic (exact) mass is 580 g/mol. The van der Waals surface area contributed by atoms with Crippen molar-refractivity contribution in [3.8, 4) is 44.5 Å². The fourth-order valence-corrected chi connectivity index (χ4v) is 9.05. The van der Waals surface area contributed by atoms with Crippen molar-refractivity contribution < 1.29 is 0 Å². The molecule has 4 aliphatic carbocycles. The first kappa shape index (κ1) is 24.6. The average molecular weight is 581 g/mol. The first-order chi connectivity index (χ1) is 22.8. The Bertz CT molecular complexity index is 2620. The fraction of sp³-hybridized carbons (Fsp3) is 0.0435. The van der Waals surface area contributed by atoms with Gasteiger partial charge in [-0.1, -0.05) is 146 Å². The van der Waals surface area contributed by atoms with Crippen LogP contribution in [-0.2, 0) is 0 Å². The Hall–Kier alpha value is -5.72. The molecule has 0 aliphatic heterocycles. The van der Waals surface area contributed by atoms with Crippen molar-refractivity contribution in [1.82, 2.24) is 0 Å². The lowest BCUT2D eigenvalue weighted by atomic mass is 9.68. The Morgan fingerprint density at radius 1 is 0.370 bits per heavy atom. The molecular formula is C46H28. The summed E-state index contributed by atoms with van der Waals surface area (Å²) in [6.45, 7) is 0. The van der Waals surface area contributed by atoms with E-state index in [9.17, 15) is 0 Å². The van der Waals surface area contributed by atoms with Crippen molar-refractivity contribution in [3.63, 3.8) is 0 Å². The van der Waals surface area contributed by atoms with Crippen LogP contribution in [0.1, 0.15) is 28.2 Å². The van der Waals surface area contributed by atoms with Crippen molar-refractivity contribution in [2.75, 3.05) is 0 Å². The zero-order chi connectivity index (χ0) is 29.9. The van der Waals surface area contributed by atoms with Gasteiger partial charge in [0, 0.05) is 11.8 Å². The second-order valence-corrected chi connectivity index (χ2v) is 13.1. The highest BCUT2D eigenvalue weighted by molar-refractivity contribution is 6.19. The van der Waals surface area contributed by atoms with Crippen molar-refractivity contribution in [3.05, 3.63) is 184 Å². The van der Waals surface area contributed by atoms with E-state index in [0.717, 1.165) is 0 Å². The predicted octanol–water partition coefficient (Wildman–Crippen LogP) is 9.97. The maximum atomic E-state index is 2.60. The van der Waals surface area contributed by atoms with Gasteiger partial charge < -0.3 is 0 Å². The van der Waals surface area contributed by atoms with E-state index in [2.05, 4.69) is 158 Å². The molecule has 0 amide bonds. The minimum Gasteiger partial charge on any atom is -0.0681 e. The SMILES string of the molecule is C1=C(c2ccccc2)c2cc3c(cc2C2C=c4cccc5c4=C(c4ccccc4-5)C12)-c1ccc(-c2ccccc2)c2cccc-3c12. The Morgan fingerprint density at radius 3 is 1.87 bits per heavy atom. The number of rotatable bonds is 2. The highest BCUT2D eigenvalue weighted by Gasteiger charge is 2.38. The topological polar surface area (TPSA) is 0 Å². The zero-order valence-electron chi connectivity index (χ0n) is 25.2. The van der Waals surface area contributed by atoms with Crippen LogP contribution in [0.2, 0.25) is 0 Å². The Balaban J connectivity index is 1.20. The Morgan fingerprint density at radius 2 is 1.02 bits per heavy atom. The second-order valence-electron chi connectivity index (χ2n) is 13.1. The van der Waals surface area contributed by atoms with Crippen LogP contribution in [0.5, 0.6) is 0 Å². The van der Waals surface area contributed by atoms with E-state index in [1.165, 1.54) is 99.1 Å². The van der Waals surface area contributed by atoms with Crippen LogP contribution in [0.3, 0.4) is 0 Å². The van der Waals surface area contributed by atoms with Crippen LogP contribution in [-0.4, -0.2) is 0 Å². The summed E-state index contributed by atoms with van der Waals surface area (Å²) in [6.07, 6.45) is 5.16. The summed E-state index contributed by atoms with van der Waals surface area (Å²) in [4.78, 5) is 0. The summed E-state index contributed by atoms with van der Waals surface area (Å²) in [5.41, 5.74) is 19.0. The lowest BCUT2D eigenvalue weighted by molar-refractivity contribution is 0.733. The van der Waals surface area contributed by atoms with Crippen molar-refractivity contribution in [2.45, 2.75) is 5.92 Å². The van der Waals surface area contributed by atoms with Crippen molar-refractivity contribution in [1.29, 1.82) is 0 Å². The summed E-state index contributed by atoms with van der Waals surface area (Å²) in [5.74, 6) is 0.529. The first-order valence-electron chi connectivity index (χ1n) is 16.4. The van der Waals surface area contributed by atoms with Crippen LogP contribution in [0, 0.1) is 5.92 Å². The molecule has 0 bridgehead atoms. The lowest BCUT2D eigenvalue weighted by Gasteiger charge is -2.35. The fourth-order valence-electron chi connectivity index (χ4n) is 9.05. The summed E-state index contributed by atoms with van der Waals surface area (Å²) >= 11 is 0. The van der Waals surface area contributed by atoms with Crippen molar-refractivity contribution >= 4 is 28.0 Å². The molecule has 0 aromatic heterocycles. The minimum absolute atomic E-state index is 0.263. The van der Waals surface area contributed by atoms with Crippen LogP contribution in [0.4, 0.5) is 0 Å². The van der Waals surface area contributed by atoms with E-state index in [4.69, 9.17) is 0 Å². The molecule has 7 aromatic rings. The molecule has 0 radical (unpaired) electrons. The van der Waals surface area contributed by atoms with E-state index in [1.807, 2.05) is 0 Å². The van der Waals surface area contributed by atoms with E-state index in [-0.39, 0.29) is 11.8 Å². The summed E-state index contributed by atoms with van der Waals surface area (Å²) in [7, 11) is 0. The zero-order valence-corrected chi connectivity index (χ0v) is 25.2. The van der Waals surface area contributed by atoms with Gasteiger partial charge in [0.25, 0.3) is 0 Å². The third kappa shape index (κ3) is 3.13. The van der Waals surface area contributed by atoms with Gasteiger partial charge in [0.15, 0.2) is 0 Å². The van der Waals surface area contributed by atoms with E-state index >= 15 is 0 Å². The van der Waals surface area contributed by atoms with Gasteiger partial charge >= 0.3 is 0 Å². The first-order valence-corrected chi connectivity index (χ1v) is 16.4. The second kappa shape index (κ2) is 8.93. The third-order valence-electron chi connectivity index (χ3n) is 10.9. The standard InChI is InChI=1S/C46H28/c1-3-11-27(12-4-1)30-21-22-36-40-26-42-38-23-29-15-9-18-33-31-16-7-8-17-34(31)46(44(29)33)43(38)24-37(28-13-5-2-6-14-28)41(42)25-39(40)35-20-10-19-32(30)45(35)36/h1-26,38,43H.